The Morgan fingerprint density at radius 1 is 1.32 bits per heavy atom. The Kier molecular flexibility index (Phi) is 4.80. The Balaban J connectivity index is 2.36. The van der Waals surface area contributed by atoms with Crippen LogP contribution in [0.1, 0.15) is 22.7 Å². The van der Waals surface area contributed by atoms with Crippen LogP contribution in [0.3, 0.4) is 0 Å². The van der Waals surface area contributed by atoms with Crippen molar-refractivity contribution in [3.63, 3.8) is 0 Å². The highest BCUT2D eigenvalue weighted by molar-refractivity contribution is 5.45. The SMILES string of the molecule is CNC(c1c(C)cc(C)cc1OC)C1COCCO1. The molecule has 1 saturated heterocycles. The highest BCUT2D eigenvalue weighted by Crippen LogP contribution is 2.33. The average Bonchev–Trinajstić information content (AvgIpc) is 2.42. The van der Waals surface area contributed by atoms with Gasteiger partial charge in [-0.2, -0.15) is 0 Å². The van der Waals surface area contributed by atoms with Gasteiger partial charge in [0.2, 0.25) is 0 Å². The highest BCUT2D eigenvalue weighted by Gasteiger charge is 2.29. The Morgan fingerprint density at radius 2 is 2.11 bits per heavy atom. The van der Waals surface area contributed by atoms with Gasteiger partial charge in [-0.3, -0.25) is 0 Å². The zero-order chi connectivity index (χ0) is 13.8. The summed E-state index contributed by atoms with van der Waals surface area (Å²) >= 11 is 0. The van der Waals surface area contributed by atoms with Gasteiger partial charge in [-0.1, -0.05) is 6.07 Å². The molecule has 4 heteroatoms. The quantitative estimate of drug-likeness (QED) is 0.903. The lowest BCUT2D eigenvalue weighted by Gasteiger charge is -2.32. The molecule has 4 nitrogen and oxygen atoms in total. The summed E-state index contributed by atoms with van der Waals surface area (Å²) in [5.41, 5.74) is 3.57. The van der Waals surface area contributed by atoms with Gasteiger partial charge in [0.05, 0.1) is 33.0 Å². The van der Waals surface area contributed by atoms with Crippen LogP contribution in [0.4, 0.5) is 0 Å². The van der Waals surface area contributed by atoms with Crippen molar-refractivity contribution < 1.29 is 14.2 Å². The molecule has 1 aliphatic heterocycles. The number of nitrogens with one attached hydrogen (secondary N) is 1. The Hall–Kier alpha value is -1.10. The van der Waals surface area contributed by atoms with Crippen molar-refractivity contribution in [2.75, 3.05) is 34.0 Å². The van der Waals surface area contributed by atoms with Crippen molar-refractivity contribution >= 4 is 0 Å². The molecule has 1 aromatic carbocycles. The number of rotatable bonds is 4. The molecule has 1 fully saturated rings. The van der Waals surface area contributed by atoms with Crippen LogP contribution < -0.4 is 10.1 Å². The van der Waals surface area contributed by atoms with Crippen molar-refractivity contribution in [1.82, 2.24) is 5.32 Å². The first-order valence-corrected chi connectivity index (χ1v) is 6.69. The average molecular weight is 265 g/mol. The molecule has 19 heavy (non-hydrogen) atoms. The van der Waals surface area contributed by atoms with Gasteiger partial charge in [0.25, 0.3) is 0 Å². The van der Waals surface area contributed by atoms with E-state index < -0.39 is 0 Å². The second-order valence-corrected chi connectivity index (χ2v) is 4.95. The zero-order valence-electron chi connectivity index (χ0n) is 12.2. The first-order valence-electron chi connectivity index (χ1n) is 6.69. The molecule has 1 aliphatic rings. The zero-order valence-corrected chi connectivity index (χ0v) is 12.2. The maximum Gasteiger partial charge on any atom is 0.124 e. The first-order chi connectivity index (χ1) is 9.17. The maximum atomic E-state index is 5.83. The molecule has 1 N–H and O–H groups in total. The summed E-state index contributed by atoms with van der Waals surface area (Å²) in [5.74, 6) is 0.908. The van der Waals surface area contributed by atoms with Gasteiger partial charge in [-0.25, -0.2) is 0 Å². The molecule has 1 aromatic rings. The molecule has 0 bridgehead atoms. The topological polar surface area (TPSA) is 39.7 Å². The predicted molar refractivity (Wildman–Crippen MR) is 74.8 cm³/mol. The van der Waals surface area contributed by atoms with E-state index in [-0.39, 0.29) is 12.1 Å². The largest absolute Gasteiger partial charge is 0.496 e. The second kappa shape index (κ2) is 6.37. The molecule has 2 unspecified atom stereocenters. The van der Waals surface area contributed by atoms with Crippen LogP contribution in [-0.2, 0) is 9.47 Å². The normalized spacial score (nSPS) is 21.2. The number of ether oxygens (including phenoxy) is 3. The third kappa shape index (κ3) is 3.08. The van der Waals surface area contributed by atoms with E-state index in [1.54, 1.807) is 7.11 Å². The van der Waals surface area contributed by atoms with Crippen molar-refractivity contribution in [2.45, 2.75) is 26.0 Å². The Labute approximate surface area is 115 Å². The molecule has 0 radical (unpaired) electrons. The lowest BCUT2D eigenvalue weighted by atomic mass is 9.94. The van der Waals surface area contributed by atoms with Gasteiger partial charge in [-0.05, 0) is 38.1 Å². The molecule has 2 rings (SSSR count). The molecule has 1 heterocycles. The lowest BCUT2D eigenvalue weighted by molar-refractivity contribution is -0.102. The monoisotopic (exact) mass is 265 g/mol. The number of methoxy groups -OCH3 is 1. The summed E-state index contributed by atoms with van der Waals surface area (Å²) < 4.78 is 16.9. The van der Waals surface area contributed by atoms with Crippen molar-refractivity contribution in [3.05, 3.63) is 28.8 Å². The van der Waals surface area contributed by atoms with Crippen molar-refractivity contribution in [1.29, 1.82) is 0 Å². The minimum absolute atomic E-state index is 0.0223. The molecule has 0 saturated carbocycles. The van der Waals surface area contributed by atoms with E-state index in [1.807, 2.05) is 7.05 Å². The van der Waals surface area contributed by atoms with Gasteiger partial charge >= 0.3 is 0 Å². The summed E-state index contributed by atoms with van der Waals surface area (Å²) in [6.07, 6.45) is 0.0223. The molecule has 0 aliphatic carbocycles. The van der Waals surface area contributed by atoms with E-state index in [1.165, 1.54) is 11.1 Å². The van der Waals surface area contributed by atoms with Crippen LogP contribution in [0.2, 0.25) is 0 Å². The molecule has 2 atom stereocenters. The highest BCUT2D eigenvalue weighted by atomic mass is 16.6. The lowest BCUT2D eigenvalue weighted by Crippen LogP contribution is -2.39. The molecular weight excluding hydrogens is 242 g/mol. The van der Waals surface area contributed by atoms with Gasteiger partial charge in [0, 0.05) is 5.56 Å². The minimum atomic E-state index is 0.0223. The van der Waals surface area contributed by atoms with Crippen LogP contribution >= 0.6 is 0 Å². The third-order valence-corrected chi connectivity index (χ3v) is 3.55. The van der Waals surface area contributed by atoms with Crippen molar-refractivity contribution in [3.8, 4) is 5.75 Å². The van der Waals surface area contributed by atoms with Crippen LogP contribution in [-0.4, -0.2) is 40.1 Å². The number of benzene rings is 1. The van der Waals surface area contributed by atoms with Crippen molar-refractivity contribution in [2.24, 2.45) is 0 Å². The van der Waals surface area contributed by atoms with Crippen LogP contribution in [0.5, 0.6) is 5.75 Å². The summed E-state index contributed by atoms with van der Waals surface area (Å²) in [6.45, 7) is 6.13. The van der Waals surface area contributed by atoms with E-state index >= 15 is 0 Å². The standard InChI is InChI=1S/C15H23NO3/c1-10-7-11(2)14(12(8-10)17-4)15(16-3)13-9-18-5-6-19-13/h7-8,13,15-16H,5-6,9H2,1-4H3. The summed E-state index contributed by atoms with van der Waals surface area (Å²) in [4.78, 5) is 0. The van der Waals surface area contributed by atoms with E-state index in [4.69, 9.17) is 14.2 Å². The number of likely N-dealkylation sites (N-methyl/N-ethyl adjacent to an activating group) is 1. The Bertz CT molecular complexity index is 428. The fraction of sp³-hybridized carbons (Fsp3) is 0.600. The fourth-order valence-electron chi connectivity index (χ4n) is 2.72. The van der Waals surface area contributed by atoms with E-state index in [9.17, 15) is 0 Å². The molecule has 0 amide bonds. The molecular formula is C15H23NO3. The van der Waals surface area contributed by atoms with E-state index in [2.05, 4.69) is 31.3 Å². The third-order valence-electron chi connectivity index (χ3n) is 3.55. The van der Waals surface area contributed by atoms with E-state index in [0.29, 0.717) is 19.8 Å². The van der Waals surface area contributed by atoms with Gasteiger partial charge in [0.15, 0.2) is 0 Å². The first kappa shape index (κ1) is 14.3. The number of hydrogen-bond acceptors (Lipinski definition) is 4. The summed E-state index contributed by atoms with van der Waals surface area (Å²) in [7, 11) is 3.66. The molecule has 0 spiro atoms. The number of hydrogen-bond donors (Lipinski definition) is 1. The summed E-state index contributed by atoms with van der Waals surface area (Å²) in [5, 5.41) is 3.34. The minimum Gasteiger partial charge on any atom is -0.496 e. The maximum absolute atomic E-state index is 5.83. The molecule has 0 aromatic heterocycles. The van der Waals surface area contributed by atoms with Crippen LogP contribution in [0.25, 0.3) is 0 Å². The van der Waals surface area contributed by atoms with Gasteiger partial charge < -0.3 is 19.5 Å². The smallest absolute Gasteiger partial charge is 0.124 e. The fourth-order valence-corrected chi connectivity index (χ4v) is 2.72. The summed E-state index contributed by atoms with van der Waals surface area (Å²) in [6, 6.07) is 4.32. The molecule has 106 valence electrons. The van der Waals surface area contributed by atoms with Crippen LogP contribution in [0, 0.1) is 13.8 Å². The van der Waals surface area contributed by atoms with Gasteiger partial charge in [-0.15, -0.1) is 0 Å². The predicted octanol–water partition coefficient (Wildman–Crippen LogP) is 1.99. The van der Waals surface area contributed by atoms with Gasteiger partial charge in [0.1, 0.15) is 11.9 Å². The van der Waals surface area contributed by atoms with Crippen LogP contribution in [0.15, 0.2) is 12.1 Å². The Morgan fingerprint density at radius 3 is 2.68 bits per heavy atom. The van der Waals surface area contributed by atoms with E-state index in [0.717, 1.165) is 11.3 Å². The second-order valence-electron chi connectivity index (χ2n) is 4.95. The number of aryl methyl sites for hydroxylation is 2.